The van der Waals surface area contributed by atoms with Gasteiger partial charge in [-0.15, -0.1) is 0 Å². The maximum Gasteiger partial charge on any atom is 0.459 e. The number of nitrogens with zero attached hydrogens (tertiary/aromatic N) is 4. The SMILES string of the molecule is CC(C)OC(=O)[C@@H](C)N[P@](=O)(OC[C@H]1O[C@@H](n2cnc3c(NC4CC4)nc(N)nc32)[C@H](F)[C@@H]1O)Oc1ccccc1. The molecule has 1 saturated carbocycles. The number of benzene rings is 1. The number of fused-ring (bicyclic) bond motifs is 1. The largest absolute Gasteiger partial charge is 0.462 e. The van der Waals surface area contributed by atoms with E-state index in [0.29, 0.717) is 11.3 Å². The number of ether oxygens (including phenoxy) is 2. The number of anilines is 2. The molecule has 0 unspecified atom stereocenters. The Kier molecular flexibility index (Phi) is 8.43. The summed E-state index contributed by atoms with van der Waals surface area (Å²) in [7, 11) is -4.26. The molecule has 5 rings (SSSR count). The zero-order chi connectivity index (χ0) is 29.3. The van der Waals surface area contributed by atoms with Crippen molar-refractivity contribution in [2.45, 2.75) is 76.4 Å². The summed E-state index contributed by atoms with van der Waals surface area (Å²) in [6, 6.07) is 7.34. The van der Waals surface area contributed by atoms with Crippen molar-refractivity contribution < 1.29 is 37.4 Å². The topological polar surface area (TPSA) is 185 Å². The maximum absolute atomic E-state index is 15.4. The average Bonchev–Trinajstić information content (AvgIpc) is 3.57. The van der Waals surface area contributed by atoms with E-state index in [1.807, 2.05) is 0 Å². The van der Waals surface area contributed by atoms with Gasteiger partial charge in [0.2, 0.25) is 5.95 Å². The normalized spacial score (nSPS) is 24.7. The number of hydrogen-bond donors (Lipinski definition) is 4. The van der Waals surface area contributed by atoms with Crippen LogP contribution in [0.5, 0.6) is 5.75 Å². The molecule has 0 spiro atoms. The number of aliphatic hydroxyl groups is 1. The smallest absolute Gasteiger partial charge is 0.459 e. The monoisotopic (exact) mass is 593 g/mol. The lowest BCUT2D eigenvalue weighted by Crippen LogP contribution is -2.37. The summed E-state index contributed by atoms with van der Waals surface area (Å²) >= 11 is 0. The first-order valence-electron chi connectivity index (χ1n) is 13.2. The second kappa shape index (κ2) is 11.9. The number of carbonyl (C=O) groups excluding carboxylic acids is 1. The molecule has 2 fully saturated rings. The molecule has 41 heavy (non-hydrogen) atoms. The van der Waals surface area contributed by atoms with Gasteiger partial charge >= 0.3 is 13.7 Å². The first kappa shape index (κ1) is 29.1. The summed E-state index contributed by atoms with van der Waals surface area (Å²) < 4.78 is 52.6. The third kappa shape index (κ3) is 6.76. The molecular formula is C25H33FN7O7P. The average molecular weight is 594 g/mol. The highest BCUT2D eigenvalue weighted by molar-refractivity contribution is 7.52. The number of aromatic nitrogens is 4. The Balaban J connectivity index is 1.32. The quantitative estimate of drug-likeness (QED) is 0.178. The maximum atomic E-state index is 15.4. The summed E-state index contributed by atoms with van der Waals surface area (Å²) in [6.07, 6.45) is -3.27. The lowest BCUT2D eigenvalue weighted by atomic mass is 10.1. The number of esters is 1. The number of nitrogens with one attached hydrogen (secondary N) is 2. The predicted molar refractivity (Wildman–Crippen MR) is 146 cm³/mol. The Labute approximate surface area is 235 Å². The lowest BCUT2D eigenvalue weighted by molar-refractivity contribution is -0.149. The molecule has 1 aliphatic heterocycles. The number of para-hydroxylation sites is 1. The van der Waals surface area contributed by atoms with Gasteiger partial charge in [0.25, 0.3) is 0 Å². The van der Waals surface area contributed by atoms with Gasteiger partial charge in [-0.05, 0) is 45.7 Å². The molecule has 2 aromatic heterocycles. The van der Waals surface area contributed by atoms with Gasteiger partial charge in [-0.2, -0.15) is 15.1 Å². The van der Waals surface area contributed by atoms with Crippen LogP contribution in [0.4, 0.5) is 16.2 Å². The minimum atomic E-state index is -4.26. The van der Waals surface area contributed by atoms with Gasteiger partial charge in [0.15, 0.2) is 29.4 Å². The van der Waals surface area contributed by atoms with Gasteiger partial charge in [-0.25, -0.2) is 13.9 Å². The van der Waals surface area contributed by atoms with E-state index in [2.05, 4.69) is 25.4 Å². The number of imidazole rings is 1. The summed E-state index contributed by atoms with van der Waals surface area (Å²) in [5.74, 6) is -0.0887. The summed E-state index contributed by atoms with van der Waals surface area (Å²) in [4.78, 5) is 25.1. The van der Waals surface area contributed by atoms with E-state index in [1.54, 1.807) is 44.2 Å². The van der Waals surface area contributed by atoms with Gasteiger partial charge in [0, 0.05) is 6.04 Å². The molecule has 1 saturated heterocycles. The van der Waals surface area contributed by atoms with Crippen LogP contribution in [0, 0.1) is 0 Å². The molecule has 0 amide bonds. The molecule has 3 heterocycles. The van der Waals surface area contributed by atoms with E-state index in [1.165, 1.54) is 17.8 Å². The fourth-order valence-corrected chi connectivity index (χ4v) is 5.71. The third-order valence-corrected chi connectivity index (χ3v) is 8.00. The number of halogens is 1. The summed E-state index contributed by atoms with van der Waals surface area (Å²) in [6.45, 7) is 4.25. The minimum Gasteiger partial charge on any atom is -0.462 e. The van der Waals surface area contributed by atoms with E-state index in [0.717, 1.165) is 12.8 Å². The highest BCUT2D eigenvalue weighted by atomic mass is 31.2. The van der Waals surface area contributed by atoms with Gasteiger partial charge in [0.1, 0.15) is 24.0 Å². The number of rotatable bonds is 12. The lowest BCUT2D eigenvalue weighted by Gasteiger charge is -2.25. The highest BCUT2D eigenvalue weighted by Gasteiger charge is 2.47. The molecule has 222 valence electrons. The third-order valence-electron chi connectivity index (χ3n) is 6.36. The van der Waals surface area contributed by atoms with E-state index in [9.17, 15) is 14.5 Å². The number of nitrogens with two attached hydrogens (primary N) is 1. The highest BCUT2D eigenvalue weighted by Crippen LogP contribution is 2.46. The standard InChI is InChI=1S/C25H33FN7O7P/c1-13(2)38-24(35)14(3)32-41(36,40-16-7-5-4-6-8-16)37-11-17-20(34)18(26)23(39-17)33-12-28-19-21(29-15-9-10-15)30-25(27)31-22(19)33/h4-8,12-15,17-18,20,23,34H,9-11H2,1-3H3,(H,32,36)(H3,27,29,30,31)/t14-,17-,18-,20-,23-,41+/m1/s1. The molecular weight excluding hydrogens is 560 g/mol. The Morgan fingerprint density at radius 3 is 2.68 bits per heavy atom. The fourth-order valence-electron chi connectivity index (χ4n) is 4.21. The van der Waals surface area contributed by atoms with Crippen molar-refractivity contribution in [3.05, 3.63) is 36.7 Å². The first-order valence-corrected chi connectivity index (χ1v) is 14.8. The van der Waals surface area contributed by atoms with E-state index >= 15 is 4.39 Å². The van der Waals surface area contributed by atoms with Crippen LogP contribution < -0.4 is 20.7 Å². The van der Waals surface area contributed by atoms with Crippen LogP contribution in [0.15, 0.2) is 36.7 Å². The second-order valence-electron chi connectivity index (χ2n) is 10.2. The first-order chi connectivity index (χ1) is 19.5. The second-order valence-corrected chi connectivity index (χ2v) is 11.9. The van der Waals surface area contributed by atoms with Gasteiger partial charge in [0.05, 0.1) is 19.0 Å². The number of aliphatic hydroxyl groups excluding tert-OH is 1. The Morgan fingerprint density at radius 2 is 2.00 bits per heavy atom. The van der Waals surface area contributed by atoms with Crippen LogP contribution in [-0.2, 0) is 23.4 Å². The number of alkyl halides is 1. The van der Waals surface area contributed by atoms with E-state index < -0.39 is 57.1 Å². The van der Waals surface area contributed by atoms with Crippen LogP contribution >= 0.6 is 7.75 Å². The number of carbonyl (C=O) groups is 1. The molecule has 1 aliphatic carbocycles. The van der Waals surface area contributed by atoms with Crippen LogP contribution in [0.25, 0.3) is 11.2 Å². The van der Waals surface area contributed by atoms with Crippen LogP contribution in [0.2, 0.25) is 0 Å². The molecule has 16 heteroatoms. The van der Waals surface area contributed by atoms with Crippen molar-refractivity contribution in [3.63, 3.8) is 0 Å². The van der Waals surface area contributed by atoms with Crippen molar-refractivity contribution in [1.82, 2.24) is 24.6 Å². The van der Waals surface area contributed by atoms with Crippen LogP contribution in [-0.4, -0.2) is 73.8 Å². The van der Waals surface area contributed by atoms with Crippen molar-refractivity contribution in [3.8, 4) is 5.75 Å². The van der Waals surface area contributed by atoms with Crippen molar-refractivity contribution >= 4 is 36.6 Å². The Bertz CT molecular complexity index is 1420. The Hall–Kier alpha value is -3.36. The molecule has 0 radical (unpaired) electrons. The zero-order valence-electron chi connectivity index (χ0n) is 22.7. The zero-order valence-corrected chi connectivity index (χ0v) is 23.6. The van der Waals surface area contributed by atoms with Crippen molar-refractivity contribution in [1.29, 1.82) is 0 Å². The number of hydrogen-bond acceptors (Lipinski definition) is 12. The summed E-state index contributed by atoms with van der Waals surface area (Å²) in [5.41, 5.74) is 6.49. The molecule has 1 aromatic carbocycles. The molecule has 3 aromatic rings. The summed E-state index contributed by atoms with van der Waals surface area (Å²) in [5, 5.41) is 16.5. The van der Waals surface area contributed by atoms with E-state index in [4.69, 9.17) is 24.3 Å². The predicted octanol–water partition coefficient (Wildman–Crippen LogP) is 2.71. The minimum absolute atomic E-state index is 0.0357. The van der Waals surface area contributed by atoms with Crippen LogP contribution in [0.3, 0.4) is 0 Å². The molecule has 0 bridgehead atoms. The number of nitrogen functional groups attached to an aromatic ring is 1. The molecule has 6 atom stereocenters. The van der Waals surface area contributed by atoms with Crippen molar-refractivity contribution in [2.75, 3.05) is 17.7 Å². The van der Waals surface area contributed by atoms with Crippen molar-refractivity contribution in [2.24, 2.45) is 0 Å². The van der Waals surface area contributed by atoms with Crippen LogP contribution in [0.1, 0.15) is 39.8 Å². The van der Waals surface area contributed by atoms with E-state index in [-0.39, 0.29) is 23.4 Å². The Morgan fingerprint density at radius 1 is 1.27 bits per heavy atom. The van der Waals surface area contributed by atoms with Gasteiger partial charge < -0.3 is 30.2 Å². The molecule has 14 nitrogen and oxygen atoms in total. The fraction of sp³-hybridized carbons (Fsp3) is 0.520. The molecule has 5 N–H and O–H groups in total. The van der Waals surface area contributed by atoms with Gasteiger partial charge in [-0.1, -0.05) is 18.2 Å². The van der Waals surface area contributed by atoms with Gasteiger partial charge in [-0.3, -0.25) is 13.9 Å². The molecule has 2 aliphatic rings.